The third-order valence-electron chi connectivity index (χ3n) is 2.77. The molecule has 1 saturated carbocycles. The van der Waals surface area contributed by atoms with Crippen LogP contribution < -0.4 is 5.32 Å². The van der Waals surface area contributed by atoms with Crippen LogP contribution in [0.1, 0.15) is 26.2 Å². The van der Waals surface area contributed by atoms with Gasteiger partial charge in [-0.25, -0.2) is 4.79 Å². The van der Waals surface area contributed by atoms with Crippen molar-refractivity contribution in [2.45, 2.75) is 31.8 Å². The van der Waals surface area contributed by atoms with E-state index in [1.54, 1.807) is 0 Å². The molecule has 0 heterocycles. The Morgan fingerprint density at radius 3 is 2.53 bits per heavy atom. The molecule has 1 aliphatic carbocycles. The van der Waals surface area contributed by atoms with E-state index in [0.717, 1.165) is 24.9 Å². The van der Waals surface area contributed by atoms with Crippen molar-refractivity contribution < 1.29 is 9.53 Å². The van der Waals surface area contributed by atoms with Crippen LogP contribution in [0.25, 0.3) is 0 Å². The maximum atomic E-state index is 11.5. The van der Waals surface area contributed by atoms with Crippen molar-refractivity contribution in [2.75, 3.05) is 5.32 Å². The van der Waals surface area contributed by atoms with Gasteiger partial charge >= 0.3 is 6.09 Å². The van der Waals surface area contributed by atoms with Crippen LogP contribution in [-0.4, -0.2) is 11.7 Å². The lowest BCUT2D eigenvalue weighted by Crippen LogP contribution is -2.39. The second-order valence-corrected chi connectivity index (χ2v) is 4.18. The Bertz CT molecular complexity index is 344. The van der Waals surface area contributed by atoms with Crippen LogP contribution in [0.15, 0.2) is 30.3 Å². The van der Waals surface area contributed by atoms with Gasteiger partial charge in [0, 0.05) is 5.69 Å². The molecule has 1 amide bonds. The largest absolute Gasteiger partial charge is 0.443 e. The maximum Gasteiger partial charge on any atom is 0.412 e. The van der Waals surface area contributed by atoms with Crippen molar-refractivity contribution in [3.63, 3.8) is 0 Å². The minimum Gasteiger partial charge on any atom is -0.443 e. The van der Waals surface area contributed by atoms with E-state index in [1.165, 1.54) is 0 Å². The molecule has 3 heteroatoms. The van der Waals surface area contributed by atoms with Crippen molar-refractivity contribution >= 4 is 11.8 Å². The zero-order valence-corrected chi connectivity index (χ0v) is 8.82. The average Bonchev–Trinajstić information content (AvgIpc) is 2.16. The van der Waals surface area contributed by atoms with Crippen LogP contribution in [0, 0.1) is 0 Å². The van der Waals surface area contributed by atoms with E-state index < -0.39 is 0 Å². The number of benzene rings is 1. The molecule has 0 unspecified atom stereocenters. The van der Waals surface area contributed by atoms with E-state index in [4.69, 9.17) is 4.74 Å². The van der Waals surface area contributed by atoms with Gasteiger partial charge in [0.05, 0.1) is 0 Å². The van der Waals surface area contributed by atoms with E-state index in [1.807, 2.05) is 37.3 Å². The van der Waals surface area contributed by atoms with Gasteiger partial charge in [0.2, 0.25) is 0 Å². The van der Waals surface area contributed by atoms with Crippen LogP contribution in [-0.2, 0) is 4.74 Å². The Morgan fingerprint density at radius 2 is 2.00 bits per heavy atom. The third kappa shape index (κ3) is 2.49. The molecule has 0 aliphatic heterocycles. The number of ether oxygens (including phenoxy) is 1. The van der Waals surface area contributed by atoms with E-state index in [9.17, 15) is 4.79 Å². The first kappa shape index (κ1) is 10.0. The van der Waals surface area contributed by atoms with Gasteiger partial charge in [-0.2, -0.15) is 0 Å². The van der Waals surface area contributed by atoms with Gasteiger partial charge in [-0.05, 0) is 38.3 Å². The van der Waals surface area contributed by atoms with E-state index >= 15 is 0 Å². The van der Waals surface area contributed by atoms with Gasteiger partial charge in [-0.15, -0.1) is 0 Å². The molecule has 0 radical (unpaired) electrons. The summed E-state index contributed by atoms with van der Waals surface area (Å²) in [6.07, 6.45) is 2.72. The fourth-order valence-corrected chi connectivity index (χ4v) is 1.67. The van der Waals surface area contributed by atoms with Crippen LogP contribution >= 0.6 is 0 Å². The molecule has 0 bridgehead atoms. The number of amides is 1. The smallest absolute Gasteiger partial charge is 0.412 e. The first-order valence-corrected chi connectivity index (χ1v) is 5.23. The van der Waals surface area contributed by atoms with E-state index in [2.05, 4.69) is 5.32 Å². The number of anilines is 1. The molecule has 2 rings (SSSR count). The van der Waals surface area contributed by atoms with Crippen molar-refractivity contribution in [3.8, 4) is 0 Å². The Kier molecular flexibility index (Phi) is 2.62. The number of carbonyl (C=O) groups excluding carboxylic acids is 1. The third-order valence-corrected chi connectivity index (χ3v) is 2.77. The summed E-state index contributed by atoms with van der Waals surface area (Å²) in [4.78, 5) is 11.5. The lowest BCUT2D eigenvalue weighted by Gasteiger charge is -2.37. The summed E-state index contributed by atoms with van der Waals surface area (Å²) in [6.45, 7) is 1.97. The van der Waals surface area contributed by atoms with Gasteiger partial charge in [-0.3, -0.25) is 5.32 Å². The molecule has 3 nitrogen and oxygen atoms in total. The molecular formula is C12H15NO2. The zero-order valence-electron chi connectivity index (χ0n) is 8.82. The molecule has 0 saturated heterocycles. The average molecular weight is 205 g/mol. The summed E-state index contributed by atoms with van der Waals surface area (Å²) >= 11 is 0. The summed E-state index contributed by atoms with van der Waals surface area (Å²) in [5.41, 5.74) is 0.532. The lowest BCUT2D eigenvalue weighted by molar-refractivity contribution is -0.0256. The molecular weight excluding hydrogens is 190 g/mol. The minimum atomic E-state index is -0.358. The van der Waals surface area contributed by atoms with Gasteiger partial charge in [-0.1, -0.05) is 18.2 Å². The molecule has 15 heavy (non-hydrogen) atoms. The van der Waals surface area contributed by atoms with Crippen molar-refractivity contribution in [2.24, 2.45) is 0 Å². The number of nitrogens with one attached hydrogen (secondary N) is 1. The number of hydrogen-bond acceptors (Lipinski definition) is 2. The number of hydrogen-bond donors (Lipinski definition) is 1. The molecule has 1 fully saturated rings. The Balaban J connectivity index is 1.87. The molecule has 0 aromatic heterocycles. The standard InChI is InChI=1S/C12H15NO2/c1-12(8-5-9-12)15-11(14)13-10-6-3-2-4-7-10/h2-4,6-7H,5,8-9H2,1H3,(H,13,14). The van der Waals surface area contributed by atoms with E-state index in [0.29, 0.717) is 0 Å². The SMILES string of the molecule is CC1(OC(=O)Nc2ccccc2)CCC1. The molecule has 1 aliphatic rings. The quantitative estimate of drug-likeness (QED) is 0.805. The number of rotatable bonds is 2. The molecule has 0 atom stereocenters. The first-order chi connectivity index (χ1) is 7.18. The van der Waals surface area contributed by atoms with Crippen LogP contribution in [0.4, 0.5) is 10.5 Å². The Labute approximate surface area is 89.4 Å². The molecule has 80 valence electrons. The second kappa shape index (κ2) is 3.93. The molecule has 1 N–H and O–H groups in total. The predicted octanol–water partition coefficient (Wildman–Crippen LogP) is 3.18. The fraction of sp³-hybridized carbons (Fsp3) is 0.417. The van der Waals surface area contributed by atoms with Crippen LogP contribution in [0.5, 0.6) is 0 Å². The first-order valence-electron chi connectivity index (χ1n) is 5.23. The highest BCUT2D eigenvalue weighted by Gasteiger charge is 2.35. The lowest BCUT2D eigenvalue weighted by atomic mass is 9.82. The Hall–Kier alpha value is -1.51. The zero-order chi connectivity index (χ0) is 10.7. The summed E-state index contributed by atoms with van der Waals surface area (Å²) in [5.74, 6) is 0. The van der Waals surface area contributed by atoms with Crippen molar-refractivity contribution in [1.82, 2.24) is 0 Å². The molecule has 0 spiro atoms. The normalized spacial score (nSPS) is 17.7. The monoisotopic (exact) mass is 205 g/mol. The summed E-state index contributed by atoms with van der Waals surface area (Å²) < 4.78 is 5.33. The molecule has 1 aromatic carbocycles. The highest BCUT2D eigenvalue weighted by Crippen LogP contribution is 2.35. The van der Waals surface area contributed by atoms with Gasteiger partial charge in [0.25, 0.3) is 0 Å². The van der Waals surface area contributed by atoms with Crippen molar-refractivity contribution in [3.05, 3.63) is 30.3 Å². The highest BCUT2D eigenvalue weighted by atomic mass is 16.6. The predicted molar refractivity (Wildman–Crippen MR) is 58.8 cm³/mol. The topological polar surface area (TPSA) is 38.3 Å². The summed E-state index contributed by atoms with van der Waals surface area (Å²) in [6, 6.07) is 9.33. The highest BCUT2D eigenvalue weighted by molar-refractivity contribution is 5.84. The van der Waals surface area contributed by atoms with Gasteiger partial charge in [0.1, 0.15) is 5.60 Å². The number of para-hydroxylation sites is 1. The van der Waals surface area contributed by atoms with Gasteiger partial charge < -0.3 is 4.74 Å². The summed E-state index contributed by atoms with van der Waals surface area (Å²) in [7, 11) is 0. The Morgan fingerprint density at radius 1 is 1.33 bits per heavy atom. The van der Waals surface area contributed by atoms with Gasteiger partial charge in [0.15, 0.2) is 0 Å². The van der Waals surface area contributed by atoms with Crippen LogP contribution in [0.3, 0.4) is 0 Å². The van der Waals surface area contributed by atoms with Crippen LogP contribution in [0.2, 0.25) is 0 Å². The number of carbonyl (C=O) groups is 1. The fourth-order valence-electron chi connectivity index (χ4n) is 1.67. The summed E-state index contributed by atoms with van der Waals surface area (Å²) in [5, 5.41) is 2.71. The minimum absolute atomic E-state index is 0.237. The van der Waals surface area contributed by atoms with Crippen molar-refractivity contribution in [1.29, 1.82) is 0 Å². The van der Waals surface area contributed by atoms with E-state index in [-0.39, 0.29) is 11.7 Å². The second-order valence-electron chi connectivity index (χ2n) is 4.18. The maximum absolute atomic E-state index is 11.5. The molecule has 1 aromatic rings.